The van der Waals surface area contributed by atoms with Crippen LogP contribution in [0.3, 0.4) is 0 Å². The molecule has 11 amide bonds. The molecule has 1 aliphatic rings. The Hall–Kier alpha value is -6.70. The second-order valence-electron chi connectivity index (χ2n) is 26.9. The first-order chi connectivity index (χ1) is 41.6. The van der Waals surface area contributed by atoms with Gasteiger partial charge in [-0.1, -0.05) is 109 Å². The molecule has 90 heavy (non-hydrogen) atoms. The third-order valence-electron chi connectivity index (χ3n) is 16.4. The quantitative estimate of drug-likeness (QED) is 0.0799. The average molecular weight is 1280 g/mol. The van der Waals surface area contributed by atoms with Crippen LogP contribution in [-0.2, 0) is 62.3 Å². The normalized spacial score (nSPS) is 26.0. The highest BCUT2D eigenvalue weighted by atomic mass is 16.5. The lowest BCUT2D eigenvalue weighted by molar-refractivity contribution is -0.157. The molecule has 0 radical (unpaired) electrons. The molecule has 0 aliphatic carbocycles. The van der Waals surface area contributed by atoms with Crippen molar-refractivity contribution in [3.8, 4) is 0 Å². The Morgan fingerprint density at radius 1 is 0.500 bits per heavy atom. The van der Waals surface area contributed by atoms with Crippen molar-refractivity contribution in [2.45, 2.75) is 216 Å². The number of allylic oxidation sites excluding steroid dienone is 1. The molecule has 514 valence electrons. The minimum absolute atomic E-state index is 0.0322. The number of aliphatic hydroxyl groups is 1. The Morgan fingerprint density at radius 3 is 1.40 bits per heavy atom. The van der Waals surface area contributed by atoms with E-state index < -0.39 is 168 Å². The van der Waals surface area contributed by atoms with Crippen molar-refractivity contribution >= 4 is 70.9 Å². The summed E-state index contributed by atoms with van der Waals surface area (Å²) in [5, 5.41) is 32.1. The summed E-state index contributed by atoms with van der Waals surface area (Å²) in [5.74, 6) is -11.7. The van der Waals surface area contributed by atoms with Crippen molar-refractivity contribution in [2.24, 2.45) is 41.4 Å². The number of aliphatic hydroxyl groups excluding tert-OH is 1. The monoisotopic (exact) mass is 1280 g/mol. The fraction of sp³-hybridized carbons (Fsp3) is 0.781. The predicted octanol–water partition coefficient (Wildman–Crippen LogP) is 2.35. The fourth-order valence-electron chi connectivity index (χ4n) is 10.9. The van der Waals surface area contributed by atoms with E-state index in [9.17, 15) is 48.3 Å². The van der Waals surface area contributed by atoms with Crippen LogP contribution < -0.4 is 21.3 Å². The van der Waals surface area contributed by atoms with E-state index in [1.165, 1.54) is 93.8 Å². The molecule has 1 heterocycles. The summed E-state index contributed by atoms with van der Waals surface area (Å²) in [7, 11) is 9.71. The van der Waals surface area contributed by atoms with Crippen LogP contribution >= 0.6 is 0 Å². The number of rotatable bonds is 19. The molecule has 26 heteroatoms. The van der Waals surface area contributed by atoms with Crippen molar-refractivity contribution in [3.05, 3.63) is 12.2 Å². The molecule has 1 fully saturated rings. The van der Waals surface area contributed by atoms with E-state index >= 15 is 14.4 Å². The first-order valence-corrected chi connectivity index (χ1v) is 31.8. The van der Waals surface area contributed by atoms with Crippen LogP contribution in [0.25, 0.3) is 0 Å². The number of nitrogens with one attached hydrogen (secondary N) is 4. The molecule has 6 N–H and O–H groups in total. The number of amides is 11. The van der Waals surface area contributed by atoms with E-state index in [-0.39, 0.29) is 68.8 Å². The van der Waals surface area contributed by atoms with E-state index in [0.717, 1.165) is 9.80 Å². The van der Waals surface area contributed by atoms with E-state index in [0.29, 0.717) is 0 Å². The number of carboxylic acids is 1. The van der Waals surface area contributed by atoms with Crippen LogP contribution in [0, 0.1) is 41.4 Å². The topological polar surface area (TPSA) is 325 Å². The number of carbonyl (C=O) groups excluding carboxylic acids is 11. The lowest BCUT2D eigenvalue weighted by Crippen LogP contribution is -2.63. The van der Waals surface area contributed by atoms with Gasteiger partial charge in [-0.05, 0) is 93.8 Å². The third-order valence-corrected chi connectivity index (χ3v) is 16.4. The van der Waals surface area contributed by atoms with Crippen LogP contribution in [0.1, 0.15) is 149 Å². The maximum absolute atomic E-state index is 15.2. The van der Waals surface area contributed by atoms with E-state index in [4.69, 9.17) is 9.84 Å². The first-order valence-electron chi connectivity index (χ1n) is 31.8. The van der Waals surface area contributed by atoms with Gasteiger partial charge in [-0.25, -0.2) is 4.79 Å². The first kappa shape index (κ1) is 81.3. The Bertz CT molecular complexity index is 2490. The lowest BCUT2D eigenvalue weighted by atomic mass is 9.91. The van der Waals surface area contributed by atoms with Gasteiger partial charge in [-0.3, -0.25) is 52.7 Å². The van der Waals surface area contributed by atoms with E-state index in [1.807, 2.05) is 55.4 Å². The van der Waals surface area contributed by atoms with Crippen molar-refractivity contribution in [2.75, 3.05) is 69.1 Å². The number of carboxylic acid groups (broad SMARTS) is 1. The second kappa shape index (κ2) is 37.6. The molecule has 2 unspecified atom stereocenters. The summed E-state index contributed by atoms with van der Waals surface area (Å²) in [6, 6.07) is -12.8. The van der Waals surface area contributed by atoms with Gasteiger partial charge in [0.2, 0.25) is 65.0 Å². The van der Waals surface area contributed by atoms with Gasteiger partial charge in [0, 0.05) is 49.3 Å². The summed E-state index contributed by atoms with van der Waals surface area (Å²) in [4.78, 5) is 180. The molecule has 0 aromatic rings. The van der Waals surface area contributed by atoms with Gasteiger partial charge in [-0.15, -0.1) is 0 Å². The molecule has 1 rings (SSSR count). The number of hydrogen-bond acceptors (Lipinski definition) is 14. The minimum atomic E-state index is -1.72. The van der Waals surface area contributed by atoms with Gasteiger partial charge in [-0.2, -0.15) is 0 Å². The number of hydrogen-bond donors (Lipinski definition) is 6. The molecule has 0 aromatic heterocycles. The zero-order valence-electron chi connectivity index (χ0n) is 58.2. The zero-order chi connectivity index (χ0) is 69.7. The van der Waals surface area contributed by atoms with Gasteiger partial charge in [0.15, 0.2) is 0 Å². The molecular formula is C64H113N11O15. The van der Waals surface area contributed by atoms with Crippen LogP contribution in [0.15, 0.2) is 12.2 Å². The highest BCUT2D eigenvalue weighted by Crippen LogP contribution is 2.26. The molecule has 0 aromatic carbocycles. The largest absolute Gasteiger partial charge is 0.480 e. The van der Waals surface area contributed by atoms with Gasteiger partial charge in [0.25, 0.3) is 0 Å². The number of aliphatic carboxylic acids is 1. The van der Waals surface area contributed by atoms with Crippen LogP contribution in [-0.4, -0.2) is 251 Å². The van der Waals surface area contributed by atoms with Gasteiger partial charge < -0.3 is 70.5 Å². The minimum Gasteiger partial charge on any atom is -0.480 e. The van der Waals surface area contributed by atoms with Crippen molar-refractivity contribution in [1.29, 1.82) is 0 Å². The van der Waals surface area contributed by atoms with Crippen LogP contribution in [0.5, 0.6) is 0 Å². The molecule has 0 saturated carbocycles. The Morgan fingerprint density at radius 2 is 0.933 bits per heavy atom. The van der Waals surface area contributed by atoms with Gasteiger partial charge in [0.1, 0.15) is 67.0 Å². The van der Waals surface area contributed by atoms with Crippen molar-refractivity contribution in [1.82, 2.24) is 55.6 Å². The summed E-state index contributed by atoms with van der Waals surface area (Å²) in [6.45, 7) is 26.5. The molecule has 0 spiro atoms. The summed E-state index contributed by atoms with van der Waals surface area (Å²) >= 11 is 0. The fourth-order valence-corrected chi connectivity index (χ4v) is 10.9. The molecule has 1 aliphatic heterocycles. The SMILES string of the molecule is CC[C@@H]1NC(=O)C([C@H](O)[C@H](C)C/C=C/COCC(=O)O)N(C)C(=O)C(C(C)C)N(C)C(=O)[C@H](CC(C)C)N(C)C(=O)[C@H](CC(C)C)N(C)C(=O)[C@H](C)NC(=O)[C@H](C)NC(=O)[C@H](CC(C)C)N(C)C(=O)[C@H](C(C)C)NC(=O)[C@H](CC(C)C)N(C)C(=O)CN(C)C1=O. The highest BCUT2D eigenvalue weighted by Gasteiger charge is 2.46. The standard InChI is InChI=1S/C64H113N11O15/c1-24-44-60(85)69(17)33-49(76)70(18)45(29-35(2)3)57(82)68-51(39(10)11)63(88)71(19)46(30-36(4)5)56(81)65-42(15)55(80)66-43(16)59(84)72(20)47(31-37(6)7)61(86)73(21)48(32-38(8)9)62(87)74(22)52(40(12)13)64(89)75(23)53(58(83)67-44)54(79)41(14)27-25-26-28-90-34-50(77)78/h25-26,35-48,51-54,79H,24,27-34H2,1-23H3,(H,65,81)(H,66,80)(H,67,83)(H,68,82)(H,77,78)/b26-25+/t41-,42+,43+,44+,45+,46+,47+,48+,51+,52?,53?,54-/m1/s1. The molecule has 0 bridgehead atoms. The predicted molar refractivity (Wildman–Crippen MR) is 341 cm³/mol. The number of ether oxygens (including phenoxy) is 1. The third kappa shape index (κ3) is 23.8. The number of nitrogens with zero attached hydrogens (tertiary/aromatic N) is 7. The highest BCUT2D eigenvalue weighted by molar-refractivity contribution is 5.99. The average Bonchev–Trinajstić information content (AvgIpc) is 0.975. The van der Waals surface area contributed by atoms with Gasteiger partial charge >= 0.3 is 5.97 Å². The molecule has 26 nitrogen and oxygen atoms in total. The zero-order valence-corrected chi connectivity index (χ0v) is 58.2. The summed E-state index contributed by atoms with van der Waals surface area (Å²) < 4.78 is 5.10. The second-order valence-corrected chi connectivity index (χ2v) is 26.9. The smallest absolute Gasteiger partial charge is 0.329 e. The maximum Gasteiger partial charge on any atom is 0.329 e. The van der Waals surface area contributed by atoms with Crippen molar-refractivity contribution < 1.29 is 72.5 Å². The summed E-state index contributed by atoms with van der Waals surface area (Å²) in [5.41, 5.74) is 0. The molecule has 1 saturated heterocycles. The summed E-state index contributed by atoms with van der Waals surface area (Å²) in [6.07, 6.45) is 2.09. The number of likely N-dealkylation sites (N-methyl/N-ethyl adjacent to an activating group) is 7. The Balaban J connectivity index is 4.35. The molecular weight excluding hydrogens is 1160 g/mol. The number of carbonyl (C=O) groups is 12. The lowest BCUT2D eigenvalue weighted by Gasteiger charge is -2.41. The Labute approximate surface area is 535 Å². The van der Waals surface area contributed by atoms with Crippen LogP contribution in [0.4, 0.5) is 0 Å². The van der Waals surface area contributed by atoms with E-state index in [1.54, 1.807) is 47.6 Å². The van der Waals surface area contributed by atoms with E-state index in [2.05, 4.69) is 21.3 Å². The van der Waals surface area contributed by atoms with Crippen molar-refractivity contribution in [3.63, 3.8) is 0 Å². The Kier molecular flexibility index (Phi) is 34.0. The maximum atomic E-state index is 15.2. The van der Waals surface area contributed by atoms with Gasteiger partial charge in [0.05, 0.1) is 19.3 Å². The molecule has 12 atom stereocenters. The van der Waals surface area contributed by atoms with Crippen LogP contribution in [0.2, 0.25) is 0 Å².